The molecule has 0 radical (unpaired) electrons. The van der Waals surface area contributed by atoms with Crippen molar-refractivity contribution in [2.24, 2.45) is 5.41 Å². The van der Waals surface area contributed by atoms with E-state index in [-0.39, 0.29) is 49.6 Å². The van der Waals surface area contributed by atoms with Gasteiger partial charge in [0.2, 0.25) is 0 Å². The van der Waals surface area contributed by atoms with Gasteiger partial charge in [-0.05, 0) is 73.2 Å². The molecule has 3 N–H and O–H groups in total. The van der Waals surface area contributed by atoms with Crippen LogP contribution in [0.2, 0.25) is 0 Å². The molecule has 14 nitrogen and oxygen atoms in total. The molecule has 320 valence electrons. The first-order chi connectivity index (χ1) is 29.5. The third-order valence-electron chi connectivity index (χ3n) is 10.5. The minimum absolute atomic E-state index is 0.0152. The van der Waals surface area contributed by atoms with Gasteiger partial charge < -0.3 is 24.7 Å². The number of nitrogens with zero attached hydrogens (tertiary/aromatic N) is 4. The summed E-state index contributed by atoms with van der Waals surface area (Å²) in [4.78, 5) is 26.7. The van der Waals surface area contributed by atoms with E-state index in [1.807, 2.05) is 128 Å². The Kier molecular flexibility index (Phi) is 14.2. The topological polar surface area (TPSA) is 171 Å². The van der Waals surface area contributed by atoms with Crippen molar-refractivity contribution < 1.29 is 37.4 Å². The minimum Gasteiger partial charge on any atom is -0.497 e. The highest BCUT2D eigenvalue weighted by molar-refractivity contribution is 8.13. The van der Waals surface area contributed by atoms with E-state index in [2.05, 4.69) is 20.0 Å². The van der Waals surface area contributed by atoms with Crippen LogP contribution in [0.4, 0.5) is 5.82 Å². The van der Waals surface area contributed by atoms with Crippen LogP contribution in [0, 0.1) is 5.41 Å². The van der Waals surface area contributed by atoms with E-state index in [4.69, 9.17) is 33.7 Å². The molecule has 1 unspecified atom stereocenters. The minimum atomic E-state index is -3.87. The molecule has 0 spiro atoms. The molecule has 7 rings (SSSR count). The summed E-state index contributed by atoms with van der Waals surface area (Å²) in [6, 6.07) is 35.0. The van der Waals surface area contributed by atoms with Gasteiger partial charge in [0.25, 0.3) is 0 Å². The standard InChI is InChI=1S/C45H51N6O8PS/c1-44(2,29-56-45(33-13-9-6-10-14-33,34-15-19-36(54-3)20-16-34)35-17-21-37(55-4)22-18-35)43(52)61-26-25-57-60(53,50-27-32-11-7-5-8-12-32)58-28-38-23-24-39(59-38)51-31-49-40-41(46)47-30-48-42(40)51/h5-22,30-31,38-39H,23-29H2,1-4H3,(H,50,53)(H2,46,47,48)/t38-,39+,60?/m1/s1. The second-order valence-corrected chi connectivity index (χ2v) is 18.0. The summed E-state index contributed by atoms with van der Waals surface area (Å²) in [5.74, 6) is 1.94. The SMILES string of the molecule is COc1ccc(C(OCC(C)(C)C(=O)SCCOP(=O)(NCc2ccccc2)OC[C@H]2CC[C@@H](n3cnc4c(N)ncnc43)O2)(c2ccccc2)c2ccc(OC)cc2)cc1. The lowest BCUT2D eigenvalue weighted by atomic mass is 9.79. The summed E-state index contributed by atoms with van der Waals surface area (Å²) in [6.07, 6.45) is 3.61. The van der Waals surface area contributed by atoms with E-state index in [9.17, 15) is 9.36 Å². The molecule has 1 saturated heterocycles. The number of thioether (sulfide) groups is 1. The zero-order valence-corrected chi connectivity index (χ0v) is 36.4. The number of rotatable bonds is 20. The van der Waals surface area contributed by atoms with E-state index in [1.54, 1.807) is 20.5 Å². The molecule has 0 bridgehead atoms. The molecule has 2 aromatic heterocycles. The number of nitrogens with two attached hydrogens (primary N) is 1. The Labute approximate surface area is 360 Å². The number of carbonyl (C=O) groups excluding carboxylic acids is 1. The third kappa shape index (κ3) is 10.3. The summed E-state index contributed by atoms with van der Waals surface area (Å²) >= 11 is 1.10. The summed E-state index contributed by atoms with van der Waals surface area (Å²) in [5.41, 5.74) is 8.55. The Balaban J connectivity index is 1.01. The molecule has 3 heterocycles. The van der Waals surface area contributed by atoms with E-state index < -0.39 is 18.8 Å². The fourth-order valence-electron chi connectivity index (χ4n) is 7.10. The lowest BCUT2D eigenvalue weighted by Gasteiger charge is -2.38. The fraction of sp³-hybridized carbons (Fsp3) is 0.333. The average molecular weight is 867 g/mol. The van der Waals surface area contributed by atoms with Gasteiger partial charge in [-0.15, -0.1) is 0 Å². The molecule has 3 atom stereocenters. The van der Waals surface area contributed by atoms with Gasteiger partial charge in [-0.2, -0.15) is 0 Å². The number of anilines is 1. The molecule has 1 aliphatic rings. The summed E-state index contributed by atoms with van der Waals surface area (Å²) in [5, 5.41) is 2.89. The second-order valence-electron chi connectivity index (χ2n) is 15.1. The van der Waals surface area contributed by atoms with E-state index in [1.165, 1.54) is 6.33 Å². The predicted molar refractivity (Wildman–Crippen MR) is 235 cm³/mol. The van der Waals surface area contributed by atoms with Crippen molar-refractivity contribution in [1.82, 2.24) is 24.6 Å². The molecule has 1 aliphatic heterocycles. The van der Waals surface area contributed by atoms with Gasteiger partial charge in [-0.25, -0.2) is 24.6 Å². The number of hydrogen-bond donors (Lipinski definition) is 2. The Morgan fingerprint density at radius 2 is 1.48 bits per heavy atom. The van der Waals surface area contributed by atoms with Gasteiger partial charge in [0.05, 0.1) is 51.9 Å². The fourth-order valence-corrected chi connectivity index (χ4v) is 9.35. The zero-order chi connectivity index (χ0) is 42.9. The van der Waals surface area contributed by atoms with Crippen LogP contribution in [0.25, 0.3) is 11.2 Å². The quantitative estimate of drug-likeness (QED) is 0.0426. The molecular formula is C45H51N6O8PS. The van der Waals surface area contributed by atoms with E-state index >= 15 is 0 Å². The maximum atomic E-state index is 14.2. The van der Waals surface area contributed by atoms with Crippen LogP contribution in [0.1, 0.15) is 55.2 Å². The monoisotopic (exact) mass is 866 g/mol. The molecule has 0 amide bonds. The first-order valence-electron chi connectivity index (χ1n) is 20.0. The number of methoxy groups -OCH3 is 2. The lowest BCUT2D eigenvalue weighted by Crippen LogP contribution is -2.38. The molecule has 1 fully saturated rings. The van der Waals surface area contributed by atoms with Crippen LogP contribution in [0.15, 0.2) is 122 Å². The number of carbonyl (C=O) groups is 1. The number of nitrogen functional groups attached to an aromatic ring is 1. The normalized spacial score (nSPS) is 16.7. The van der Waals surface area contributed by atoms with Crippen molar-refractivity contribution in [1.29, 1.82) is 0 Å². The van der Waals surface area contributed by atoms with Crippen molar-refractivity contribution in [3.05, 3.63) is 144 Å². The summed E-state index contributed by atoms with van der Waals surface area (Å²) in [7, 11) is -0.610. The van der Waals surface area contributed by atoms with Gasteiger partial charge in [0, 0.05) is 12.3 Å². The highest BCUT2D eigenvalue weighted by Gasteiger charge is 2.41. The van der Waals surface area contributed by atoms with Crippen molar-refractivity contribution >= 4 is 41.6 Å². The largest absolute Gasteiger partial charge is 0.497 e. The highest BCUT2D eigenvalue weighted by Crippen LogP contribution is 2.46. The molecule has 6 aromatic rings. The molecule has 16 heteroatoms. The van der Waals surface area contributed by atoms with E-state index in [0.29, 0.717) is 41.3 Å². The van der Waals surface area contributed by atoms with Gasteiger partial charge in [0.1, 0.15) is 35.2 Å². The number of aromatic nitrogens is 4. The molecule has 61 heavy (non-hydrogen) atoms. The van der Waals surface area contributed by atoms with E-state index in [0.717, 1.165) is 34.0 Å². The van der Waals surface area contributed by atoms with Crippen LogP contribution in [0.5, 0.6) is 11.5 Å². The van der Waals surface area contributed by atoms with Crippen molar-refractivity contribution in [3.8, 4) is 11.5 Å². The van der Waals surface area contributed by atoms with Crippen LogP contribution >= 0.6 is 19.5 Å². The number of fused-ring (bicyclic) bond motifs is 1. The molecule has 0 saturated carbocycles. The Morgan fingerprint density at radius 1 is 0.852 bits per heavy atom. The van der Waals surface area contributed by atoms with Gasteiger partial charge in [-0.3, -0.25) is 18.4 Å². The maximum absolute atomic E-state index is 14.2. The first-order valence-corrected chi connectivity index (χ1v) is 22.5. The van der Waals surface area contributed by atoms with Gasteiger partial charge in [-0.1, -0.05) is 96.7 Å². The highest BCUT2D eigenvalue weighted by atomic mass is 32.2. The number of imidazole rings is 1. The van der Waals surface area contributed by atoms with Crippen LogP contribution in [0.3, 0.4) is 0 Å². The first kappa shape index (κ1) is 44.0. The predicted octanol–water partition coefficient (Wildman–Crippen LogP) is 8.33. The molecule has 0 aliphatic carbocycles. The zero-order valence-electron chi connectivity index (χ0n) is 34.6. The van der Waals surface area contributed by atoms with Crippen molar-refractivity contribution in [3.63, 3.8) is 0 Å². The van der Waals surface area contributed by atoms with Gasteiger partial charge in [0.15, 0.2) is 16.6 Å². The number of ether oxygens (including phenoxy) is 4. The third-order valence-corrected chi connectivity index (χ3v) is 13.2. The second kappa shape index (κ2) is 19.7. The number of nitrogens with one attached hydrogen (secondary N) is 1. The Morgan fingerprint density at radius 3 is 2.11 bits per heavy atom. The van der Waals surface area contributed by atoms with Crippen LogP contribution in [-0.4, -0.2) is 70.5 Å². The van der Waals surface area contributed by atoms with Crippen molar-refractivity contribution in [2.75, 3.05) is 45.5 Å². The Bertz CT molecular complexity index is 2360. The molecular weight excluding hydrogens is 816 g/mol. The lowest BCUT2D eigenvalue weighted by molar-refractivity contribution is -0.124. The number of hydrogen-bond acceptors (Lipinski definition) is 13. The molecule has 4 aromatic carbocycles. The van der Waals surface area contributed by atoms with Crippen molar-refractivity contribution in [2.45, 2.75) is 51.2 Å². The maximum Gasteiger partial charge on any atom is 0.405 e. The average Bonchev–Trinajstić information content (AvgIpc) is 3.96. The smallest absolute Gasteiger partial charge is 0.405 e. The summed E-state index contributed by atoms with van der Waals surface area (Å²) < 4.78 is 52.3. The summed E-state index contributed by atoms with van der Waals surface area (Å²) in [6.45, 7) is 4.04. The Hall–Kier alpha value is -5.12. The number of benzene rings is 4. The van der Waals surface area contributed by atoms with Crippen LogP contribution in [-0.2, 0) is 40.0 Å². The van der Waals surface area contributed by atoms with Crippen LogP contribution < -0.4 is 20.3 Å². The van der Waals surface area contributed by atoms with Gasteiger partial charge >= 0.3 is 7.75 Å².